The van der Waals surface area contributed by atoms with Gasteiger partial charge in [-0.05, 0) is 37.1 Å². The molecule has 1 aromatic carbocycles. The van der Waals surface area contributed by atoms with Crippen LogP contribution in [0.2, 0.25) is 0 Å². The van der Waals surface area contributed by atoms with Gasteiger partial charge in [0.25, 0.3) is 0 Å². The number of nitrogens with zero attached hydrogens (tertiary/aromatic N) is 4. The topological polar surface area (TPSA) is 6.48 Å². The summed E-state index contributed by atoms with van der Waals surface area (Å²) < 4.78 is 2.68. The summed E-state index contributed by atoms with van der Waals surface area (Å²) in [6.45, 7) is 23.3. The Bertz CT molecular complexity index is 594. The molecule has 0 spiro atoms. The number of aryl methyl sites for hydroxylation is 2. The lowest BCUT2D eigenvalue weighted by atomic mass is 9.96. The highest BCUT2D eigenvalue weighted by Gasteiger charge is 2.40. The largest absolute Gasteiger partial charge is 0.317 e. The van der Waals surface area contributed by atoms with Crippen molar-refractivity contribution in [1.82, 2.24) is 9.80 Å². The van der Waals surface area contributed by atoms with E-state index in [2.05, 4.69) is 35.8 Å². The van der Waals surface area contributed by atoms with Gasteiger partial charge in [0.05, 0.1) is 39.3 Å². The Hall–Kier alpha value is -0.940. The molecule has 6 fully saturated rings. The zero-order chi connectivity index (χ0) is 17.8. The first-order valence-electron chi connectivity index (χ1n) is 10.8. The zero-order valence-corrected chi connectivity index (χ0v) is 16.8. The highest BCUT2D eigenvalue weighted by molar-refractivity contribution is 5.36. The first-order valence-corrected chi connectivity index (χ1v) is 10.8. The standard InChI is InChI=1S/C22H36N4/c1-19-15-22(18-26-12-6-24(7-13-26)8-14-26)20(2)16-21(19)17-25-9-3-23(4-10-25)5-11-25/h15-16H,3-14,17-18H2,1-2H3/q+2. The van der Waals surface area contributed by atoms with Crippen LogP contribution < -0.4 is 0 Å². The van der Waals surface area contributed by atoms with Crippen LogP contribution in [0.1, 0.15) is 22.3 Å². The summed E-state index contributed by atoms with van der Waals surface area (Å²) in [5, 5.41) is 0. The van der Waals surface area contributed by atoms with Gasteiger partial charge in [-0.3, -0.25) is 9.80 Å². The first kappa shape index (κ1) is 17.2. The van der Waals surface area contributed by atoms with Gasteiger partial charge in [-0.15, -0.1) is 0 Å². The summed E-state index contributed by atoms with van der Waals surface area (Å²) in [6, 6.07) is 5.11. The molecule has 0 saturated carbocycles. The molecule has 26 heavy (non-hydrogen) atoms. The quantitative estimate of drug-likeness (QED) is 0.756. The Kier molecular flexibility index (Phi) is 4.16. The van der Waals surface area contributed by atoms with Crippen molar-refractivity contribution in [3.63, 3.8) is 0 Å². The van der Waals surface area contributed by atoms with Gasteiger partial charge in [0.15, 0.2) is 0 Å². The van der Waals surface area contributed by atoms with E-state index in [1.54, 1.807) is 22.3 Å². The molecule has 142 valence electrons. The molecule has 4 nitrogen and oxygen atoms in total. The second-order valence-corrected chi connectivity index (χ2v) is 9.73. The Morgan fingerprint density at radius 3 is 1.23 bits per heavy atom. The summed E-state index contributed by atoms with van der Waals surface area (Å²) >= 11 is 0. The number of piperazine rings is 6. The number of benzene rings is 1. The molecule has 0 atom stereocenters. The van der Waals surface area contributed by atoms with Crippen LogP contribution in [0.15, 0.2) is 12.1 Å². The van der Waals surface area contributed by atoms with Crippen molar-refractivity contribution in [2.24, 2.45) is 0 Å². The van der Waals surface area contributed by atoms with Crippen LogP contribution in [-0.4, -0.2) is 97.3 Å². The molecule has 4 bridgehead atoms. The molecule has 6 aliphatic rings. The normalized spacial score (nSPS) is 38.7. The van der Waals surface area contributed by atoms with E-state index in [1.165, 1.54) is 101 Å². The third-order valence-electron chi connectivity index (χ3n) is 8.15. The zero-order valence-electron chi connectivity index (χ0n) is 16.8. The van der Waals surface area contributed by atoms with Crippen LogP contribution in [0.5, 0.6) is 0 Å². The lowest BCUT2D eigenvalue weighted by Crippen LogP contribution is -2.66. The summed E-state index contributed by atoms with van der Waals surface area (Å²) in [5.74, 6) is 0. The van der Waals surface area contributed by atoms with Crippen molar-refractivity contribution >= 4 is 0 Å². The van der Waals surface area contributed by atoms with E-state index in [0.29, 0.717) is 0 Å². The van der Waals surface area contributed by atoms with Crippen LogP contribution in [0.4, 0.5) is 0 Å². The minimum atomic E-state index is 1.26. The fraction of sp³-hybridized carbons (Fsp3) is 0.727. The molecule has 0 amide bonds. The van der Waals surface area contributed by atoms with Gasteiger partial charge in [-0.1, -0.05) is 0 Å². The Labute approximate surface area is 159 Å². The van der Waals surface area contributed by atoms with Gasteiger partial charge in [0.1, 0.15) is 13.1 Å². The van der Waals surface area contributed by atoms with Crippen molar-refractivity contribution in [2.75, 3.05) is 78.5 Å². The third-order valence-corrected chi connectivity index (χ3v) is 8.15. The molecule has 0 radical (unpaired) electrons. The minimum Gasteiger partial charge on any atom is -0.317 e. The maximum absolute atomic E-state index is 2.65. The molecule has 6 heterocycles. The molecule has 0 unspecified atom stereocenters. The minimum absolute atomic E-state index is 1.26. The molecule has 1 aromatic rings. The number of rotatable bonds is 4. The third kappa shape index (κ3) is 3.01. The number of fused-ring (bicyclic) bond motifs is 6. The molecule has 0 aliphatic carbocycles. The number of hydrogen-bond acceptors (Lipinski definition) is 2. The second kappa shape index (κ2) is 6.30. The second-order valence-electron chi connectivity index (χ2n) is 9.73. The molecule has 6 saturated heterocycles. The molecule has 6 aliphatic heterocycles. The van der Waals surface area contributed by atoms with Crippen molar-refractivity contribution in [3.05, 3.63) is 34.4 Å². The van der Waals surface area contributed by atoms with Crippen LogP contribution in [0.25, 0.3) is 0 Å². The Morgan fingerprint density at radius 1 is 0.615 bits per heavy atom. The van der Waals surface area contributed by atoms with E-state index in [-0.39, 0.29) is 0 Å². The highest BCUT2D eigenvalue weighted by Crippen LogP contribution is 2.29. The number of quaternary nitrogens is 2. The van der Waals surface area contributed by atoms with Crippen molar-refractivity contribution in [2.45, 2.75) is 26.9 Å². The lowest BCUT2D eigenvalue weighted by molar-refractivity contribution is -0.953. The predicted octanol–water partition coefficient (Wildman–Crippen LogP) is 1.60. The maximum atomic E-state index is 2.65. The van der Waals surface area contributed by atoms with E-state index in [9.17, 15) is 0 Å². The molecule has 7 rings (SSSR count). The monoisotopic (exact) mass is 356 g/mol. The molecule has 4 heteroatoms. The first-order chi connectivity index (χ1) is 12.5. The van der Waals surface area contributed by atoms with Crippen molar-refractivity contribution in [3.8, 4) is 0 Å². The van der Waals surface area contributed by atoms with E-state index >= 15 is 0 Å². The van der Waals surface area contributed by atoms with E-state index in [0.717, 1.165) is 0 Å². The summed E-state index contributed by atoms with van der Waals surface area (Å²) in [7, 11) is 0. The van der Waals surface area contributed by atoms with Crippen molar-refractivity contribution < 1.29 is 8.97 Å². The van der Waals surface area contributed by atoms with Gasteiger partial charge in [0, 0.05) is 50.4 Å². The molecule has 0 aromatic heterocycles. The van der Waals surface area contributed by atoms with Crippen LogP contribution >= 0.6 is 0 Å². The van der Waals surface area contributed by atoms with E-state index in [1.807, 2.05) is 0 Å². The van der Waals surface area contributed by atoms with Gasteiger partial charge in [0.2, 0.25) is 0 Å². The molecular weight excluding hydrogens is 320 g/mol. The summed E-state index contributed by atoms with van der Waals surface area (Å²) in [4.78, 5) is 5.29. The summed E-state index contributed by atoms with van der Waals surface area (Å²) in [6.07, 6.45) is 0. The van der Waals surface area contributed by atoms with E-state index in [4.69, 9.17) is 0 Å². The summed E-state index contributed by atoms with van der Waals surface area (Å²) in [5.41, 5.74) is 6.31. The fourth-order valence-electron chi connectivity index (χ4n) is 5.94. The predicted molar refractivity (Wildman–Crippen MR) is 106 cm³/mol. The lowest BCUT2D eigenvalue weighted by Gasteiger charge is -2.51. The molecule has 0 N–H and O–H groups in total. The maximum Gasteiger partial charge on any atom is 0.105 e. The van der Waals surface area contributed by atoms with Crippen molar-refractivity contribution in [1.29, 1.82) is 0 Å². The Balaban J connectivity index is 1.35. The smallest absolute Gasteiger partial charge is 0.105 e. The van der Waals surface area contributed by atoms with Gasteiger partial charge < -0.3 is 8.97 Å². The van der Waals surface area contributed by atoms with Gasteiger partial charge in [-0.2, -0.15) is 0 Å². The van der Waals surface area contributed by atoms with Gasteiger partial charge in [-0.25, -0.2) is 0 Å². The Morgan fingerprint density at radius 2 is 0.923 bits per heavy atom. The average Bonchev–Trinajstić information content (AvgIpc) is 2.68. The SMILES string of the molecule is Cc1cc(C[N+]23CCN(CC2)CC3)c(C)cc1C[N+]12CCN(CC1)CC2. The van der Waals surface area contributed by atoms with Crippen LogP contribution in [0.3, 0.4) is 0 Å². The number of hydrogen-bond donors (Lipinski definition) is 0. The highest BCUT2D eigenvalue weighted by atomic mass is 15.5. The average molecular weight is 357 g/mol. The van der Waals surface area contributed by atoms with Gasteiger partial charge >= 0.3 is 0 Å². The van der Waals surface area contributed by atoms with E-state index < -0.39 is 0 Å². The molecular formula is C22H36N4+2. The van der Waals surface area contributed by atoms with Crippen LogP contribution in [0, 0.1) is 13.8 Å². The van der Waals surface area contributed by atoms with Crippen LogP contribution in [-0.2, 0) is 13.1 Å². The fourth-order valence-corrected chi connectivity index (χ4v) is 5.94.